The Kier molecular flexibility index (Phi) is 5.26. The van der Waals surface area contributed by atoms with Crippen LogP contribution in [0.25, 0.3) is 0 Å². The molecule has 1 rings (SSSR count). The summed E-state index contributed by atoms with van der Waals surface area (Å²) in [6, 6.07) is 0.510. The molecule has 0 aliphatic carbocycles. The van der Waals surface area contributed by atoms with Gasteiger partial charge in [-0.15, -0.1) is 0 Å². The average Bonchev–Trinajstić information content (AvgIpc) is 2.58. The summed E-state index contributed by atoms with van der Waals surface area (Å²) in [7, 11) is 0. The van der Waals surface area contributed by atoms with Crippen molar-refractivity contribution in [2.45, 2.75) is 46.6 Å². The average molecular weight is 226 g/mol. The molecule has 0 spiro atoms. The van der Waals surface area contributed by atoms with Crippen molar-refractivity contribution in [2.24, 2.45) is 11.8 Å². The third-order valence-corrected chi connectivity index (χ3v) is 3.57. The maximum Gasteiger partial charge on any atom is 0.222 e. The molecular formula is C13H26N2O. The van der Waals surface area contributed by atoms with Crippen LogP contribution in [0.4, 0.5) is 0 Å². The highest BCUT2D eigenvalue weighted by atomic mass is 16.2. The van der Waals surface area contributed by atoms with E-state index < -0.39 is 0 Å². The summed E-state index contributed by atoms with van der Waals surface area (Å²) in [5.41, 5.74) is 0. The van der Waals surface area contributed by atoms with Crippen molar-refractivity contribution in [3.63, 3.8) is 0 Å². The van der Waals surface area contributed by atoms with Crippen molar-refractivity contribution in [1.82, 2.24) is 10.2 Å². The van der Waals surface area contributed by atoms with Gasteiger partial charge in [0.25, 0.3) is 0 Å². The molecular weight excluding hydrogens is 200 g/mol. The summed E-state index contributed by atoms with van der Waals surface area (Å²) in [4.78, 5) is 13.8. The smallest absolute Gasteiger partial charge is 0.222 e. The molecule has 2 atom stereocenters. The highest BCUT2D eigenvalue weighted by Crippen LogP contribution is 2.24. The van der Waals surface area contributed by atoms with Gasteiger partial charge in [-0.2, -0.15) is 0 Å². The van der Waals surface area contributed by atoms with Crippen molar-refractivity contribution in [3.05, 3.63) is 0 Å². The molecule has 0 aromatic carbocycles. The Morgan fingerprint density at radius 3 is 2.62 bits per heavy atom. The first-order chi connectivity index (χ1) is 7.54. The summed E-state index contributed by atoms with van der Waals surface area (Å²) in [5, 5.41) is 3.38. The van der Waals surface area contributed by atoms with E-state index in [1.807, 2.05) is 4.90 Å². The summed E-state index contributed by atoms with van der Waals surface area (Å²) in [6.45, 7) is 11.6. The van der Waals surface area contributed by atoms with Crippen molar-refractivity contribution in [1.29, 1.82) is 0 Å². The molecule has 0 aromatic rings. The molecule has 16 heavy (non-hydrogen) atoms. The fraction of sp³-hybridized carbons (Fsp3) is 0.923. The van der Waals surface area contributed by atoms with Gasteiger partial charge in [-0.05, 0) is 31.7 Å². The van der Waals surface area contributed by atoms with Gasteiger partial charge < -0.3 is 10.2 Å². The molecule has 2 unspecified atom stereocenters. The lowest BCUT2D eigenvalue weighted by Crippen LogP contribution is -2.33. The minimum absolute atomic E-state index is 0.349. The van der Waals surface area contributed by atoms with Crippen LogP contribution < -0.4 is 5.32 Å². The Morgan fingerprint density at radius 2 is 2.12 bits per heavy atom. The molecule has 3 nitrogen and oxygen atoms in total. The number of carbonyl (C=O) groups excluding carboxylic acids is 1. The number of nitrogens with one attached hydrogen (secondary N) is 1. The fourth-order valence-electron chi connectivity index (χ4n) is 2.27. The molecule has 3 heteroatoms. The Morgan fingerprint density at radius 1 is 1.44 bits per heavy atom. The van der Waals surface area contributed by atoms with Gasteiger partial charge in [0, 0.05) is 25.6 Å². The van der Waals surface area contributed by atoms with Crippen LogP contribution in [0.15, 0.2) is 0 Å². The summed E-state index contributed by atoms with van der Waals surface area (Å²) < 4.78 is 0. The highest BCUT2D eigenvalue weighted by molar-refractivity contribution is 5.78. The lowest BCUT2D eigenvalue weighted by molar-refractivity contribution is -0.127. The maximum atomic E-state index is 11.8. The van der Waals surface area contributed by atoms with Gasteiger partial charge in [0.2, 0.25) is 5.91 Å². The molecule has 0 saturated carbocycles. The molecule has 1 heterocycles. The third-order valence-electron chi connectivity index (χ3n) is 3.57. The van der Waals surface area contributed by atoms with Gasteiger partial charge in [-0.3, -0.25) is 4.79 Å². The van der Waals surface area contributed by atoms with Crippen molar-refractivity contribution in [2.75, 3.05) is 19.6 Å². The van der Waals surface area contributed by atoms with Crippen LogP contribution in [0.1, 0.15) is 40.5 Å². The van der Waals surface area contributed by atoms with E-state index in [9.17, 15) is 4.79 Å². The van der Waals surface area contributed by atoms with Gasteiger partial charge in [-0.25, -0.2) is 0 Å². The fourth-order valence-corrected chi connectivity index (χ4v) is 2.27. The molecule has 1 fully saturated rings. The van der Waals surface area contributed by atoms with E-state index in [4.69, 9.17) is 0 Å². The lowest BCUT2D eigenvalue weighted by Gasteiger charge is -2.20. The van der Waals surface area contributed by atoms with Gasteiger partial charge in [-0.1, -0.05) is 20.8 Å². The normalized spacial score (nSPS) is 23.2. The minimum Gasteiger partial charge on any atom is -0.342 e. The van der Waals surface area contributed by atoms with Crippen LogP contribution in [0.2, 0.25) is 0 Å². The van der Waals surface area contributed by atoms with Gasteiger partial charge in [0.1, 0.15) is 0 Å². The van der Waals surface area contributed by atoms with Gasteiger partial charge >= 0.3 is 0 Å². The molecule has 0 bridgehead atoms. The van der Waals surface area contributed by atoms with Crippen molar-refractivity contribution >= 4 is 5.91 Å². The summed E-state index contributed by atoms with van der Waals surface area (Å²) >= 11 is 0. The molecule has 0 radical (unpaired) electrons. The van der Waals surface area contributed by atoms with Crippen LogP contribution >= 0.6 is 0 Å². The first kappa shape index (κ1) is 13.5. The van der Waals surface area contributed by atoms with Crippen LogP contribution in [-0.2, 0) is 4.79 Å². The number of hydrogen-bond donors (Lipinski definition) is 1. The first-order valence-electron chi connectivity index (χ1n) is 6.55. The Bertz CT molecular complexity index is 228. The zero-order valence-corrected chi connectivity index (χ0v) is 11.1. The molecule has 1 amide bonds. The number of likely N-dealkylation sites (tertiary alicyclic amines) is 1. The highest BCUT2D eigenvalue weighted by Gasteiger charge is 2.30. The molecule has 0 aromatic heterocycles. The van der Waals surface area contributed by atoms with E-state index in [-0.39, 0.29) is 0 Å². The number of nitrogens with zero attached hydrogens (tertiary/aromatic N) is 1. The molecule has 1 saturated heterocycles. The predicted octanol–water partition coefficient (Wildman–Crippen LogP) is 1.88. The second kappa shape index (κ2) is 6.24. The predicted molar refractivity (Wildman–Crippen MR) is 67.3 cm³/mol. The number of rotatable bonds is 6. The number of carbonyl (C=O) groups is 1. The van der Waals surface area contributed by atoms with Crippen molar-refractivity contribution in [3.8, 4) is 0 Å². The molecule has 1 aliphatic heterocycles. The quantitative estimate of drug-likeness (QED) is 0.750. The van der Waals surface area contributed by atoms with Crippen molar-refractivity contribution < 1.29 is 4.79 Å². The van der Waals surface area contributed by atoms with E-state index >= 15 is 0 Å². The Balaban J connectivity index is 2.30. The second-order valence-electron chi connectivity index (χ2n) is 5.30. The maximum absolute atomic E-state index is 11.8. The van der Waals surface area contributed by atoms with Gasteiger partial charge in [0.05, 0.1) is 0 Å². The molecule has 1 N–H and O–H groups in total. The van der Waals surface area contributed by atoms with Crippen LogP contribution in [-0.4, -0.2) is 36.5 Å². The van der Waals surface area contributed by atoms with Crippen LogP contribution in [0.5, 0.6) is 0 Å². The van der Waals surface area contributed by atoms with Crippen LogP contribution in [0, 0.1) is 11.8 Å². The summed E-state index contributed by atoms with van der Waals surface area (Å²) in [6.07, 6.45) is 1.82. The van der Waals surface area contributed by atoms with E-state index in [2.05, 4.69) is 33.0 Å². The third kappa shape index (κ3) is 3.78. The Labute approximate surface area is 99.6 Å². The van der Waals surface area contributed by atoms with E-state index in [0.29, 0.717) is 23.8 Å². The zero-order chi connectivity index (χ0) is 12.1. The summed E-state index contributed by atoms with van der Waals surface area (Å²) in [5.74, 6) is 1.55. The zero-order valence-electron chi connectivity index (χ0n) is 11.1. The standard InChI is InChI=1S/C13H26N2O/c1-5-14-11(4)6-7-15-9-12(10(2)3)8-13(15)16/h10-12,14H,5-9H2,1-4H3. The topological polar surface area (TPSA) is 32.3 Å². The number of amides is 1. The SMILES string of the molecule is CCNC(C)CCN1CC(C(C)C)CC1=O. The van der Waals surface area contributed by atoms with E-state index in [1.54, 1.807) is 0 Å². The lowest BCUT2D eigenvalue weighted by atomic mass is 9.95. The largest absolute Gasteiger partial charge is 0.342 e. The van der Waals surface area contributed by atoms with Gasteiger partial charge in [0.15, 0.2) is 0 Å². The first-order valence-corrected chi connectivity index (χ1v) is 6.55. The second-order valence-corrected chi connectivity index (χ2v) is 5.30. The van der Waals surface area contributed by atoms with E-state index in [1.165, 1.54) is 0 Å². The minimum atomic E-state index is 0.349. The van der Waals surface area contributed by atoms with E-state index in [0.717, 1.165) is 32.5 Å². The molecule has 1 aliphatic rings. The molecule has 94 valence electrons. The Hall–Kier alpha value is -0.570. The van der Waals surface area contributed by atoms with Crippen LogP contribution in [0.3, 0.4) is 0 Å². The number of hydrogen-bond acceptors (Lipinski definition) is 2. The monoisotopic (exact) mass is 226 g/mol.